The zero-order chi connectivity index (χ0) is 39.5. The van der Waals surface area contributed by atoms with E-state index in [4.69, 9.17) is 14.5 Å². The highest BCUT2D eigenvalue weighted by Crippen LogP contribution is 2.40. The van der Waals surface area contributed by atoms with Gasteiger partial charge in [-0.2, -0.15) is 4.21 Å². The maximum Gasteiger partial charge on any atom is 0.400 e. The van der Waals surface area contributed by atoms with Crippen molar-refractivity contribution in [3.8, 4) is 22.8 Å². The number of aromatic nitrogens is 1. The summed E-state index contributed by atoms with van der Waals surface area (Å²) in [7, 11) is -2.64. The Morgan fingerprint density at radius 1 is 0.982 bits per heavy atom. The number of benzene rings is 3. The molecule has 1 aromatic heterocycles. The molecule has 5 atom stereocenters. The molecule has 1 saturated heterocycles. The number of rotatable bonds is 6. The molecule has 14 heteroatoms. The molecular weight excluding hydrogens is 735 g/mol. The fourth-order valence-corrected chi connectivity index (χ4v) is 9.52. The van der Waals surface area contributed by atoms with Crippen LogP contribution in [0.3, 0.4) is 0 Å². The minimum Gasteiger partial charge on any atom is -0.497 e. The van der Waals surface area contributed by atoms with Crippen molar-refractivity contribution in [1.82, 2.24) is 19.9 Å². The molecule has 4 aromatic rings. The molecule has 3 heterocycles. The van der Waals surface area contributed by atoms with Crippen LogP contribution in [-0.2, 0) is 29.2 Å². The molecule has 0 radical (unpaired) electrons. The maximum absolute atomic E-state index is 14.4. The second-order valence-electron chi connectivity index (χ2n) is 15.1. The fraction of sp³-hybridized carbons (Fsp3) is 0.405. The van der Waals surface area contributed by atoms with E-state index >= 15 is 0 Å². The number of carbonyl (C=O) groups is 4. The van der Waals surface area contributed by atoms with Crippen LogP contribution in [0, 0.1) is 5.92 Å². The van der Waals surface area contributed by atoms with Gasteiger partial charge in [0.05, 0.1) is 30.6 Å². The lowest BCUT2D eigenvalue weighted by atomic mass is 9.92. The molecule has 0 spiro atoms. The average molecular weight is 783 g/mol. The quantitative estimate of drug-likeness (QED) is 0.203. The Balaban J connectivity index is 1.16. The van der Waals surface area contributed by atoms with Gasteiger partial charge in [-0.15, -0.1) is 0 Å². The summed E-state index contributed by atoms with van der Waals surface area (Å²) in [6.45, 7) is 1.52. The van der Waals surface area contributed by atoms with E-state index in [0.717, 1.165) is 36.6 Å². The molecule has 3 aliphatic rings. The molecule has 1 aliphatic carbocycles. The Labute approximate surface area is 326 Å². The highest BCUT2D eigenvalue weighted by atomic mass is 32.2. The van der Waals surface area contributed by atoms with Gasteiger partial charge in [0.2, 0.25) is 17.7 Å². The normalized spacial score (nSPS) is 25.8. The summed E-state index contributed by atoms with van der Waals surface area (Å²) >= 11 is 0. The highest BCUT2D eigenvalue weighted by molar-refractivity contribution is 7.90. The second kappa shape index (κ2) is 16.3. The number of amides is 4. The summed E-state index contributed by atoms with van der Waals surface area (Å²) in [6.07, 6.45) is 5.17. The summed E-state index contributed by atoms with van der Waals surface area (Å²) in [4.78, 5) is 60.7. The number of nitrogens with zero attached hydrogens (tertiary/aromatic N) is 2. The minimum absolute atomic E-state index is 0.0836. The first-order valence-electron chi connectivity index (χ1n) is 19.2. The molecule has 1 saturated carbocycles. The smallest absolute Gasteiger partial charge is 0.400 e. The third-order valence-electron chi connectivity index (χ3n) is 11.2. The van der Waals surface area contributed by atoms with E-state index in [0.29, 0.717) is 35.6 Å². The Morgan fingerprint density at radius 2 is 1.75 bits per heavy atom. The van der Waals surface area contributed by atoms with Crippen LogP contribution in [0.4, 0.5) is 5.69 Å². The Kier molecular flexibility index (Phi) is 11.3. The highest BCUT2D eigenvalue weighted by Gasteiger charge is 2.51. The van der Waals surface area contributed by atoms with Gasteiger partial charge in [0.25, 0.3) is 5.91 Å². The van der Waals surface area contributed by atoms with Gasteiger partial charge in [0.15, 0.2) is 4.90 Å². The van der Waals surface area contributed by atoms with Crippen molar-refractivity contribution < 1.29 is 37.1 Å². The zero-order valence-corrected chi connectivity index (χ0v) is 32.4. The summed E-state index contributed by atoms with van der Waals surface area (Å²) in [5.74, 6) is -0.681. The minimum atomic E-state index is -4.22. The number of hydrogen-bond donors (Lipinski definition) is 3. The molecule has 2 unspecified atom stereocenters. The van der Waals surface area contributed by atoms with Gasteiger partial charge < -0.3 is 25.0 Å². The van der Waals surface area contributed by atoms with Crippen LogP contribution in [-0.4, -0.2) is 73.3 Å². The average Bonchev–Trinajstić information content (AvgIpc) is 3.81. The molecule has 7 rings (SSSR count). The van der Waals surface area contributed by atoms with Gasteiger partial charge >= 0.3 is 10.0 Å². The van der Waals surface area contributed by atoms with Crippen molar-refractivity contribution in [2.45, 2.75) is 93.7 Å². The standard InChI is InChI=1S/C42H47N5O8S/c1-27(48)47-26-31(55-37-24-34(29-13-7-5-8-14-29)43-35-22-30(54-2)18-19-32(35)37)23-36(47)40(50)45-42-21-20-28(25-42)12-6-3-4-9-17-39(49)44-33-15-10-11-16-38(33)56(52,53)46-41(42)51/h5,7-8,10-11,13-16,18-19,22,24,28,31,36H,3-4,6,9,12,17,20-21,23,25-26H2,1-2H3,(H,44,49)(H,45,50)(H,46,51,52,53)/p+1/t28?,31-,36+,42-/m1/s1. The first-order valence-corrected chi connectivity index (χ1v) is 20.7. The molecule has 4 N–H and O–H groups in total. The fourth-order valence-electron chi connectivity index (χ4n) is 8.28. The molecule has 4 amide bonds. The van der Waals surface area contributed by atoms with Crippen molar-refractivity contribution in [2.24, 2.45) is 5.92 Å². The third-order valence-corrected chi connectivity index (χ3v) is 12.6. The van der Waals surface area contributed by atoms with E-state index in [-0.39, 0.29) is 60.5 Å². The largest absolute Gasteiger partial charge is 0.497 e. The van der Waals surface area contributed by atoms with Crippen LogP contribution < -0.4 is 24.8 Å². The van der Waals surface area contributed by atoms with E-state index in [9.17, 15) is 27.6 Å². The summed E-state index contributed by atoms with van der Waals surface area (Å²) in [5, 5.41) is 6.46. The molecule has 2 aliphatic heterocycles. The van der Waals surface area contributed by atoms with E-state index in [1.165, 1.54) is 24.0 Å². The number of para-hydroxylation sites is 1. The lowest BCUT2D eigenvalue weighted by Gasteiger charge is -2.32. The van der Waals surface area contributed by atoms with Crippen LogP contribution in [0.15, 0.2) is 83.8 Å². The van der Waals surface area contributed by atoms with Crippen molar-refractivity contribution in [2.75, 3.05) is 19.0 Å². The molecule has 294 valence electrons. The van der Waals surface area contributed by atoms with Crippen LogP contribution in [0.2, 0.25) is 0 Å². The first-order chi connectivity index (χ1) is 26.9. The number of nitrogens with one attached hydrogen (secondary N) is 3. The summed E-state index contributed by atoms with van der Waals surface area (Å²) < 4.78 is 39.7. The third kappa shape index (κ3) is 8.35. The van der Waals surface area contributed by atoms with Crippen molar-refractivity contribution >= 4 is 50.2 Å². The van der Waals surface area contributed by atoms with Crippen molar-refractivity contribution in [3.05, 3.63) is 78.9 Å². The van der Waals surface area contributed by atoms with E-state index in [2.05, 4.69) is 15.4 Å². The van der Waals surface area contributed by atoms with Crippen molar-refractivity contribution in [1.29, 1.82) is 0 Å². The SMILES string of the molecule is COc1ccc2c(O[C@@H]3C[C@@H](C(=O)N[C@@]45CCC(CCCCCCC(=O)Nc6ccccc6S(=O)(=[OH+])NC4=O)C5)N(C(C)=O)C3)cc(-c3ccccc3)nc2c1. The lowest BCUT2D eigenvalue weighted by Crippen LogP contribution is -2.61. The van der Waals surface area contributed by atoms with Crippen LogP contribution in [0.5, 0.6) is 11.5 Å². The topological polar surface area (TPSA) is 177 Å². The molecule has 2 bridgehead atoms. The first kappa shape index (κ1) is 38.8. The predicted molar refractivity (Wildman–Crippen MR) is 211 cm³/mol. The number of ether oxygens (including phenoxy) is 2. The van der Waals surface area contributed by atoms with Crippen molar-refractivity contribution in [3.63, 3.8) is 0 Å². The van der Waals surface area contributed by atoms with Gasteiger partial charge in [0, 0.05) is 42.8 Å². The second-order valence-corrected chi connectivity index (χ2v) is 16.7. The number of methoxy groups -OCH3 is 1. The molecule has 3 aromatic carbocycles. The molecule has 13 nitrogen and oxygen atoms in total. The van der Waals surface area contributed by atoms with E-state index in [1.807, 2.05) is 54.6 Å². The summed E-state index contributed by atoms with van der Waals surface area (Å²) in [5.41, 5.74) is 0.851. The van der Waals surface area contributed by atoms with Gasteiger partial charge in [-0.25, -0.2) is 13.9 Å². The Hall–Kier alpha value is -5.50. The number of likely N-dealkylation sites (tertiary alicyclic amines) is 1. The number of carbonyl (C=O) groups excluding carboxylic acids is 4. The number of fused-ring (bicyclic) bond motifs is 4. The van der Waals surface area contributed by atoms with E-state index in [1.54, 1.807) is 19.2 Å². The summed E-state index contributed by atoms with van der Waals surface area (Å²) in [6, 6.07) is 22.2. The van der Waals surface area contributed by atoms with Crippen LogP contribution in [0.25, 0.3) is 22.2 Å². The van der Waals surface area contributed by atoms with Crippen LogP contribution >= 0.6 is 0 Å². The molecular formula is C42H48N5O8S+. The number of anilines is 1. The van der Waals surface area contributed by atoms with Gasteiger partial charge in [-0.1, -0.05) is 68.1 Å². The van der Waals surface area contributed by atoms with Gasteiger partial charge in [0.1, 0.15) is 29.2 Å². The molecule has 2 fully saturated rings. The predicted octanol–water partition coefficient (Wildman–Crippen LogP) is 5.89. The molecule has 56 heavy (non-hydrogen) atoms. The van der Waals surface area contributed by atoms with Gasteiger partial charge in [-0.05, 0) is 55.9 Å². The Bertz CT molecular complexity index is 2250. The number of hydrogen-bond acceptors (Lipinski definition) is 8. The lowest BCUT2D eigenvalue weighted by molar-refractivity contribution is -0.139. The van der Waals surface area contributed by atoms with Gasteiger partial charge in [-0.3, -0.25) is 19.2 Å². The maximum atomic E-state index is 14.4. The number of pyridine rings is 1. The Morgan fingerprint density at radius 3 is 2.54 bits per heavy atom. The zero-order valence-electron chi connectivity index (χ0n) is 31.6. The van der Waals surface area contributed by atoms with E-state index < -0.39 is 39.5 Å². The van der Waals surface area contributed by atoms with Crippen LogP contribution in [0.1, 0.15) is 71.1 Å². The monoisotopic (exact) mass is 782 g/mol.